The van der Waals surface area contributed by atoms with Crippen molar-refractivity contribution in [3.05, 3.63) is 21.3 Å². The number of rotatable bonds is 1. The Kier molecular flexibility index (Phi) is 4.14. The first-order chi connectivity index (χ1) is 11.0. The first kappa shape index (κ1) is 16.2. The van der Waals surface area contributed by atoms with Crippen LogP contribution in [0, 0.1) is 29.1 Å². The van der Waals surface area contributed by atoms with E-state index in [-0.39, 0.29) is 17.5 Å². The lowest BCUT2D eigenvalue weighted by Crippen LogP contribution is -2.47. The Labute approximate surface area is 153 Å². The number of ether oxygens (including phenoxy) is 1. The van der Waals surface area contributed by atoms with Gasteiger partial charge >= 0.3 is 5.97 Å². The first-order valence-electron chi connectivity index (χ1n) is 9.22. The molecule has 0 bridgehead atoms. The normalized spacial score (nSPS) is 45.3. The molecular weight excluding hydrogens is 399 g/mol. The van der Waals surface area contributed by atoms with Gasteiger partial charge in [-0.05, 0) is 106 Å². The highest BCUT2D eigenvalue weighted by atomic mass is 127. The molecule has 2 fully saturated rings. The van der Waals surface area contributed by atoms with Crippen LogP contribution in [0.4, 0.5) is 0 Å². The average Bonchev–Trinajstić information content (AvgIpc) is 2.83. The van der Waals surface area contributed by atoms with Crippen LogP contribution in [0.25, 0.3) is 0 Å². The Balaban J connectivity index is 1.59. The van der Waals surface area contributed by atoms with Crippen molar-refractivity contribution in [2.45, 2.75) is 64.9 Å². The summed E-state index contributed by atoms with van der Waals surface area (Å²) >= 11 is 2.51. The van der Waals surface area contributed by atoms with Crippen LogP contribution in [0.15, 0.2) is 21.3 Å². The molecule has 0 aromatic rings. The molecule has 0 spiro atoms. The topological polar surface area (TPSA) is 26.3 Å². The Hall–Kier alpha value is -0.320. The summed E-state index contributed by atoms with van der Waals surface area (Å²) in [4.78, 5) is 11.5. The van der Waals surface area contributed by atoms with Gasteiger partial charge in [-0.1, -0.05) is 13.0 Å². The smallest absolute Gasteiger partial charge is 0.302 e. The number of hydrogen-bond donors (Lipinski definition) is 0. The SMILES string of the molecule is CC(=O)O[C@H]1CCC2C3CC=C4C=C(I)CC[C@@H]4C3CC[C@@]21C. The van der Waals surface area contributed by atoms with E-state index in [0.29, 0.717) is 0 Å². The maximum Gasteiger partial charge on any atom is 0.302 e. The van der Waals surface area contributed by atoms with Crippen molar-refractivity contribution in [2.24, 2.45) is 29.1 Å². The van der Waals surface area contributed by atoms with Crippen molar-refractivity contribution in [1.82, 2.24) is 0 Å². The third-order valence-electron chi connectivity index (χ3n) is 7.30. The van der Waals surface area contributed by atoms with Gasteiger partial charge in [0.05, 0.1) is 0 Å². The lowest BCUT2D eigenvalue weighted by atomic mass is 9.53. The number of esters is 1. The number of carbonyl (C=O) groups excluding carboxylic acids is 1. The highest BCUT2D eigenvalue weighted by molar-refractivity contribution is 14.1. The fraction of sp³-hybridized carbons (Fsp3) is 0.750. The molecule has 6 atom stereocenters. The Bertz CT molecular complexity index is 578. The molecule has 23 heavy (non-hydrogen) atoms. The third kappa shape index (κ3) is 2.61. The van der Waals surface area contributed by atoms with Gasteiger partial charge in [0, 0.05) is 12.3 Å². The van der Waals surface area contributed by atoms with E-state index in [4.69, 9.17) is 4.74 Å². The largest absolute Gasteiger partial charge is 0.462 e. The van der Waals surface area contributed by atoms with E-state index in [2.05, 4.69) is 41.7 Å². The van der Waals surface area contributed by atoms with E-state index in [1.165, 1.54) is 42.1 Å². The number of carbonyl (C=O) groups is 1. The molecule has 4 aliphatic carbocycles. The second kappa shape index (κ2) is 5.89. The van der Waals surface area contributed by atoms with Gasteiger partial charge in [0.1, 0.15) is 6.10 Å². The summed E-state index contributed by atoms with van der Waals surface area (Å²) < 4.78 is 7.25. The summed E-state index contributed by atoms with van der Waals surface area (Å²) in [7, 11) is 0. The molecule has 2 saturated carbocycles. The fourth-order valence-electron chi connectivity index (χ4n) is 6.27. The van der Waals surface area contributed by atoms with Gasteiger partial charge in [-0.2, -0.15) is 0 Å². The minimum absolute atomic E-state index is 0.100. The van der Waals surface area contributed by atoms with Gasteiger partial charge in [-0.15, -0.1) is 0 Å². The standard InChI is InChI=1S/C20H27IO2/c1-12(22)23-19-8-7-18-17-5-3-13-11-14(21)4-6-15(13)16(17)9-10-20(18,19)2/h3,11,15-19H,4-10H2,1-2H3/t15-,16?,17?,18?,19-,20-/m0/s1. The Morgan fingerprint density at radius 1 is 1.26 bits per heavy atom. The second-order valence-electron chi connectivity index (χ2n) is 8.33. The van der Waals surface area contributed by atoms with Gasteiger partial charge in [-0.25, -0.2) is 0 Å². The van der Waals surface area contributed by atoms with Crippen LogP contribution >= 0.6 is 22.6 Å². The van der Waals surface area contributed by atoms with Crippen molar-refractivity contribution in [2.75, 3.05) is 0 Å². The molecule has 4 aliphatic rings. The van der Waals surface area contributed by atoms with Crippen molar-refractivity contribution < 1.29 is 9.53 Å². The second-order valence-corrected chi connectivity index (χ2v) is 9.72. The minimum atomic E-state index is -0.100. The van der Waals surface area contributed by atoms with Gasteiger partial charge in [-0.3, -0.25) is 4.79 Å². The average molecular weight is 426 g/mol. The molecule has 0 radical (unpaired) electrons. The first-order valence-corrected chi connectivity index (χ1v) is 10.3. The van der Waals surface area contributed by atoms with E-state index in [1.54, 1.807) is 12.5 Å². The zero-order valence-electron chi connectivity index (χ0n) is 14.2. The van der Waals surface area contributed by atoms with E-state index in [1.807, 2.05) is 0 Å². The zero-order valence-corrected chi connectivity index (χ0v) is 16.3. The quantitative estimate of drug-likeness (QED) is 0.414. The van der Waals surface area contributed by atoms with Crippen LogP contribution in [0.5, 0.6) is 0 Å². The van der Waals surface area contributed by atoms with Gasteiger partial charge in [0.2, 0.25) is 0 Å². The molecule has 0 aromatic carbocycles. The molecular formula is C20H27IO2. The van der Waals surface area contributed by atoms with E-state index in [9.17, 15) is 4.79 Å². The zero-order chi connectivity index (χ0) is 16.2. The highest BCUT2D eigenvalue weighted by Crippen LogP contribution is 2.61. The summed E-state index contributed by atoms with van der Waals surface area (Å²) in [5, 5.41) is 0. The predicted octanol–water partition coefficient (Wildman–Crippen LogP) is 5.42. The molecule has 126 valence electrons. The van der Waals surface area contributed by atoms with Crippen LogP contribution in [0.1, 0.15) is 58.8 Å². The number of allylic oxidation sites excluding steroid dienone is 4. The number of fused-ring (bicyclic) bond motifs is 5. The highest BCUT2D eigenvalue weighted by Gasteiger charge is 2.56. The summed E-state index contributed by atoms with van der Waals surface area (Å²) in [6.45, 7) is 3.96. The minimum Gasteiger partial charge on any atom is -0.462 e. The summed E-state index contributed by atoms with van der Waals surface area (Å²) in [6, 6.07) is 0. The van der Waals surface area contributed by atoms with Crippen molar-refractivity contribution in [1.29, 1.82) is 0 Å². The number of halogens is 1. The molecule has 0 saturated heterocycles. The maximum atomic E-state index is 11.5. The van der Waals surface area contributed by atoms with E-state index < -0.39 is 0 Å². The van der Waals surface area contributed by atoms with Crippen LogP contribution in [-0.4, -0.2) is 12.1 Å². The van der Waals surface area contributed by atoms with Crippen molar-refractivity contribution in [3.63, 3.8) is 0 Å². The van der Waals surface area contributed by atoms with E-state index in [0.717, 1.165) is 30.1 Å². The van der Waals surface area contributed by atoms with Crippen LogP contribution in [0.2, 0.25) is 0 Å². The van der Waals surface area contributed by atoms with Gasteiger partial charge in [0.15, 0.2) is 0 Å². The Morgan fingerprint density at radius 3 is 2.87 bits per heavy atom. The summed E-state index contributed by atoms with van der Waals surface area (Å²) in [5.41, 5.74) is 1.84. The van der Waals surface area contributed by atoms with Crippen LogP contribution in [0.3, 0.4) is 0 Å². The maximum absolute atomic E-state index is 11.5. The molecule has 2 nitrogen and oxygen atoms in total. The summed E-state index contributed by atoms with van der Waals surface area (Å²) in [5.74, 6) is 3.12. The van der Waals surface area contributed by atoms with Crippen LogP contribution in [-0.2, 0) is 9.53 Å². The molecule has 4 rings (SSSR count). The molecule has 0 heterocycles. The van der Waals surface area contributed by atoms with Crippen LogP contribution < -0.4 is 0 Å². The molecule has 3 unspecified atom stereocenters. The van der Waals surface area contributed by atoms with Gasteiger partial charge < -0.3 is 4.74 Å². The van der Waals surface area contributed by atoms with Gasteiger partial charge in [0.25, 0.3) is 0 Å². The Morgan fingerprint density at radius 2 is 2.09 bits per heavy atom. The molecule has 0 aromatic heterocycles. The lowest BCUT2D eigenvalue weighted by molar-refractivity contribution is -0.155. The fourth-order valence-corrected chi connectivity index (χ4v) is 6.94. The molecule has 3 heteroatoms. The lowest BCUT2D eigenvalue weighted by Gasteiger charge is -2.52. The molecule has 0 N–H and O–H groups in total. The van der Waals surface area contributed by atoms with Crippen molar-refractivity contribution >= 4 is 28.6 Å². The number of hydrogen-bond acceptors (Lipinski definition) is 2. The van der Waals surface area contributed by atoms with E-state index >= 15 is 0 Å². The molecule has 0 aliphatic heterocycles. The monoisotopic (exact) mass is 426 g/mol. The predicted molar refractivity (Wildman–Crippen MR) is 100 cm³/mol. The molecule has 0 amide bonds. The van der Waals surface area contributed by atoms with Crippen molar-refractivity contribution in [3.8, 4) is 0 Å². The summed E-state index contributed by atoms with van der Waals surface area (Å²) in [6.07, 6.45) is 13.9. The third-order valence-corrected chi connectivity index (χ3v) is 8.15.